The van der Waals surface area contributed by atoms with Crippen LogP contribution in [-0.2, 0) is 17.9 Å². The van der Waals surface area contributed by atoms with E-state index in [1.807, 2.05) is 11.8 Å². The van der Waals surface area contributed by atoms with E-state index in [0.29, 0.717) is 24.2 Å². The lowest BCUT2D eigenvalue weighted by molar-refractivity contribution is -0.131. The van der Waals surface area contributed by atoms with Gasteiger partial charge in [-0.2, -0.15) is 4.98 Å². The minimum absolute atomic E-state index is 0.0139. The number of aryl methyl sites for hydroxylation is 1. The van der Waals surface area contributed by atoms with Crippen LogP contribution in [0.4, 0.5) is 5.95 Å². The Morgan fingerprint density at radius 2 is 1.94 bits per heavy atom. The summed E-state index contributed by atoms with van der Waals surface area (Å²) < 4.78 is 1.65. The third kappa shape index (κ3) is 5.06. The zero-order valence-electron chi connectivity index (χ0n) is 19.8. The molecule has 1 N–H and O–H groups in total. The summed E-state index contributed by atoms with van der Waals surface area (Å²) >= 11 is 0. The van der Waals surface area contributed by atoms with E-state index in [1.165, 1.54) is 5.56 Å². The summed E-state index contributed by atoms with van der Waals surface area (Å²) in [5, 5.41) is 4.20. The van der Waals surface area contributed by atoms with Gasteiger partial charge in [0.2, 0.25) is 11.9 Å². The van der Waals surface area contributed by atoms with E-state index < -0.39 is 0 Å². The number of rotatable bonds is 6. The highest BCUT2D eigenvalue weighted by molar-refractivity contribution is 5.75. The van der Waals surface area contributed by atoms with Crippen molar-refractivity contribution in [1.82, 2.24) is 24.3 Å². The molecule has 1 aliphatic rings. The Kier molecular flexibility index (Phi) is 6.74. The van der Waals surface area contributed by atoms with Gasteiger partial charge in [-0.3, -0.25) is 19.1 Å². The Labute approximate surface area is 194 Å². The van der Waals surface area contributed by atoms with Gasteiger partial charge >= 0.3 is 0 Å². The van der Waals surface area contributed by atoms with Crippen LogP contribution in [0.3, 0.4) is 0 Å². The first-order valence-corrected chi connectivity index (χ1v) is 11.6. The maximum Gasteiger partial charge on any atom is 0.252 e. The van der Waals surface area contributed by atoms with Gasteiger partial charge < -0.3 is 10.2 Å². The number of aromatic nitrogens is 3. The smallest absolute Gasteiger partial charge is 0.252 e. The van der Waals surface area contributed by atoms with Crippen LogP contribution >= 0.6 is 0 Å². The van der Waals surface area contributed by atoms with E-state index in [1.54, 1.807) is 29.8 Å². The number of fused-ring (bicyclic) bond motifs is 1. The molecule has 4 rings (SSSR count). The molecular weight excluding hydrogens is 416 g/mol. The van der Waals surface area contributed by atoms with Crippen LogP contribution in [0.15, 0.2) is 47.4 Å². The van der Waals surface area contributed by atoms with Gasteiger partial charge in [-0.05, 0) is 38.0 Å². The predicted molar refractivity (Wildman–Crippen MR) is 130 cm³/mol. The first-order chi connectivity index (χ1) is 15.9. The van der Waals surface area contributed by atoms with Crippen LogP contribution in [0.25, 0.3) is 11.0 Å². The van der Waals surface area contributed by atoms with E-state index in [4.69, 9.17) is 0 Å². The quantitative estimate of drug-likeness (QED) is 0.624. The van der Waals surface area contributed by atoms with Crippen LogP contribution in [0.5, 0.6) is 0 Å². The number of benzene rings is 1. The molecule has 2 aromatic heterocycles. The van der Waals surface area contributed by atoms with Gasteiger partial charge in [0, 0.05) is 63.3 Å². The molecule has 174 valence electrons. The molecule has 1 amide bonds. The van der Waals surface area contributed by atoms with Crippen molar-refractivity contribution in [3.63, 3.8) is 0 Å². The third-order valence-corrected chi connectivity index (χ3v) is 6.46. The van der Waals surface area contributed by atoms with Crippen molar-refractivity contribution >= 4 is 22.9 Å². The second-order valence-electron chi connectivity index (χ2n) is 8.78. The second-order valence-corrected chi connectivity index (χ2v) is 8.78. The maximum atomic E-state index is 12.1. The summed E-state index contributed by atoms with van der Waals surface area (Å²) in [4.78, 5) is 37.1. The van der Waals surface area contributed by atoms with E-state index >= 15 is 0 Å². The number of carbonyl (C=O) groups is 1. The monoisotopic (exact) mass is 448 g/mol. The largest absolute Gasteiger partial charge is 0.348 e. The molecule has 0 aliphatic carbocycles. The van der Waals surface area contributed by atoms with Crippen molar-refractivity contribution in [2.24, 2.45) is 0 Å². The van der Waals surface area contributed by atoms with Crippen LogP contribution in [0, 0.1) is 0 Å². The summed E-state index contributed by atoms with van der Waals surface area (Å²) in [6.07, 6.45) is 1.75. The molecule has 0 saturated carbocycles. The van der Waals surface area contributed by atoms with Crippen molar-refractivity contribution in [2.45, 2.75) is 52.9 Å². The topological polar surface area (TPSA) is 83.4 Å². The Morgan fingerprint density at radius 3 is 2.61 bits per heavy atom. The third-order valence-electron chi connectivity index (χ3n) is 6.46. The molecule has 8 nitrogen and oxygen atoms in total. The molecule has 33 heavy (non-hydrogen) atoms. The summed E-state index contributed by atoms with van der Waals surface area (Å²) in [5.74, 6) is 0.657. The number of piperazine rings is 1. The average Bonchev–Trinajstić information content (AvgIpc) is 2.80. The molecule has 0 radical (unpaired) electrons. The van der Waals surface area contributed by atoms with Gasteiger partial charge in [0.15, 0.2) is 0 Å². The molecular formula is C25H32N6O2. The lowest BCUT2D eigenvalue weighted by atomic mass is 10.0. The normalized spacial score (nSPS) is 17.8. The summed E-state index contributed by atoms with van der Waals surface area (Å²) in [6, 6.07) is 12.3. The first-order valence-electron chi connectivity index (χ1n) is 11.6. The van der Waals surface area contributed by atoms with Crippen molar-refractivity contribution in [3.05, 3.63) is 64.1 Å². The van der Waals surface area contributed by atoms with Crippen LogP contribution in [-0.4, -0.2) is 55.9 Å². The molecule has 8 heteroatoms. The number of hydrogen-bond acceptors (Lipinski definition) is 6. The van der Waals surface area contributed by atoms with Crippen molar-refractivity contribution in [3.8, 4) is 0 Å². The molecule has 3 aromatic rings. The fourth-order valence-corrected chi connectivity index (χ4v) is 4.39. The van der Waals surface area contributed by atoms with Gasteiger partial charge in [0.05, 0.1) is 6.04 Å². The zero-order chi connectivity index (χ0) is 23.5. The predicted octanol–water partition coefficient (Wildman–Crippen LogP) is 3.04. The summed E-state index contributed by atoms with van der Waals surface area (Å²) in [5.41, 5.74) is 2.97. The number of hydrogen-bond donors (Lipinski definition) is 1. The number of carbonyl (C=O) groups excluding carboxylic acids is 1. The van der Waals surface area contributed by atoms with Gasteiger partial charge in [-0.1, -0.05) is 24.3 Å². The highest BCUT2D eigenvalue weighted by Crippen LogP contribution is 2.20. The van der Waals surface area contributed by atoms with Gasteiger partial charge in [0.25, 0.3) is 5.56 Å². The summed E-state index contributed by atoms with van der Waals surface area (Å²) in [7, 11) is 0. The van der Waals surface area contributed by atoms with E-state index in [9.17, 15) is 9.59 Å². The van der Waals surface area contributed by atoms with Crippen LogP contribution in [0.1, 0.15) is 44.9 Å². The zero-order valence-corrected chi connectivity index (χ0v) is 19.8. The van der Waals surface area contributed by atoms with Crippen molar-refractivity contribution in [2.75, 3.05) is 25.0 Å². The van der Waals surface area contributed by atoms with Crippen molar-refractivity contribution in [1.29, 1.82) is 0 Å². The highest BCUT2D eigenvalue weighted by Gasteiger charge is 2.24. The van der Waals surface area contributed by atoms with Gasteiger partial charge in [-0.15, -0.1) is 0 Å². The number of nitrogens with zero attached hydrogens (tertiary/aromatic N) is 5. The molecule has 1 fully saturated rings. The SMILES string of the molecule is CCn1c(=O)ccc2cnc(N[C@@H](C)c3ccc(CN4CCN(C(C)=O)C[C@@H]4C)cc3)nc21. The fraction of sp³-hybridized carbons (Fsp3) is 0.440. The molecule has 3 heterocycles. The Hall–Kier alpha value is -3.26. The number of anilines is 1. The molecule has 1 saturated heterocycles. The lowest BCUT2D eigenvalue weighted by Crippen LogP contribution is -2.52. The van der Waals surface area contributed by atoms with E-state index in [-0.39, 0.29) is 17.5 Å². The number of pyridine rings is 1. The second kappa shape index (κ2) is 9.70. The first kappa shape index (κ1) is 22.9. The van der Waals surface area contributed by atoms with Gasteiger partial charge in [-0.25, -0.2) is 4.98 Å². The van der Waals surface area contributed by atoms with Crippen molar-refractivity contribution < 1.29 is 4.79 Å². The maximum absolute atomic E-state index is 12.1. The van der Waals surface area contributed by atoms with Crippen LogP contribution in [0.2, 0.25) is 0 Å². The Bertz CT molecular complexity index is 1190. The minimum atomic E-state index is -0.0599. The van der Waals surface area contributed by atoms with Crippen LogP contribution < -0.4 is 10.9 Å². The van der Waals surface area contributed by atoms with E-state index in [2.05, 4.69) is 58.3 Å². The average molecular weight is 449 g/mol. The molecule has 0 unspecified atom stereocenters. The number of amides is 1. The lowest BCUT2D eigenvalue weighted by Gasteiger charge is -2.39. The molecule has 2 atom stereocenters. The van der Waals surface area contributed by atoms with E-state index in [0.717, 1.165) is 37.1 Å². The van der Waals surface area contributed by atoms with Gasteiger partial charge in [0.1, 0.15) is 5.65 Å². The molecule has 1 aliphatic heterocycles. The minimum Gasteiger partial charge on any atom is -0.348 e. The Balaban J connectivity index is 1.42. The molecule has 1 aromatic carbocycles. The molecule has 0 spiro atoms. The standard InChI is InChI=1S/C25H32N6O2/c1-5-31-23(33)11-10-22-14-26-25(28-24(22)31)27-18(3)21-8-6-20(7-9-21)16-29-12-13-30(19(4)32)15-17(29)2/h6-11,14,17-18H,5,12-13,15-16H2,1-4H3,(H,26,27,28)/t17-,18-/m0/s1. The Morgan fingerprint density at radius 1 is 1.18 bits per heavy atom. The molecule has 0 bridgehead atoms. The number of nitrogens with one attached hydrogen (secondary N) is 1. The fourth-order valence-electron chi connectivity index (χ4n) is 4.39. The summed E-state index contributed by atoms with van der Waals surface area (Å²) in [6.45, 7) is 11.7. The highest BCUT2D eigenvalue weighted by atomic mass is 16.2.